The van der Waals surface area contributed by atoms with Crippen LogP contribution in [0.4, 0.5) is 30.7 Å². The summed E-state index contributed by atoms with van der Waals surface area (Å²) in [6.45, 7) is 1.29. The van der Waals surface area contributed by atoms with E-state index in [1.54, 1.807) is 0 Å². The molecule has 1 aromatic heterocycles. The Morgan fingerprint density at radius 1 is 1.06 bits per heavy atom. The normalized spacial score (nSPS) is 12.4. The third-order valence-corrected chi connectivity index (χ3v) is 5.12. The minimum Gasteiger partial charge on any atom is -0.405 e. The molecule has 3 rings (SSSR count). The highest BCUT2D eigenvalue weighted by atomic mass is 32.2. The van der Waals surface area contributed by atoms with Crippen molar-refractivity contribution in [3.05, 3.63) is 59.3 Å². The summed E-state index contributed by atoms with van der Waals surface area (Å²) in [7, 11) is -4.63. The van der Waals surface area contributed by atoms with Gasteiger partial charge in [0.05, 0.1) is 11.4 Å². The third kappa shape index (κ3) is 4.85. The van der Waals surface area contributed by atoms with Crippen LogP contribution in [0.1, 0.15) is 17.7 Å². The Labute approximate surface area is 176 Å². The molecule has 0 aliphatic heterocycles. The molecule has 0 bridgehead atoms. The van der Waals surface area contributed by atoms with Gasteiger partial charge in [-0.15, -0.1) is 13.2 Å². The van der Waals surface area contributed by atoms with Crippen LogP contribution in [0.2, 0.25) is 0 Å². The van der Waals surface area contributed by atoms with E-state index in [4.69, 9.17) is 5.14 Å². The first-order valence-corrected chi connectivity index (χ1v) is 9.99. The predicted octanol–water partition coefficient (Wildman–Crippen LogP) is 4.61. The lowest BCUT2D eigenvalue weighted by Crippen LogP contribution is -2.18. The Balaban J connectivity index is 2.24. The molecule has 2 N–H and O–H groups in total. The Morgan fingerprint density at radius 2 is 1.72 bits per heavy atom. The van der Waals surface area contributed by atoms with Gasteiger partial charge in [-0.25, -0.2) is 35.8 Å². The van der Waals surface area contributed by atoms with E-state index in [9.17, 15) is 39.2 Å². The van der Waals surface area contributed by atoms with E-state index >= 15 is 0 Å². The van der Waals surface area contributed by atoms with E-state index in [1.165, 1.54) is 19.1 Å². The van der Waals surface area contributed by atoms with Gasteiger partial charge in [0.25, 0.3) is 6.43 Å². The number of sulfonamides is 1. The van der Waals surface area contributed by atoms with Crippen LogP contribution in [0, 0.1) is 18.6 Å². The Bertz CT molecular complexity index is 1290. The molecule has 0 aliphatic carbocycles. The lowest BCUT2D eigenvalue weighted by molar-refractivity contribution is -0.274. The van der Waals surface area contributed by atoms with E-state index in [-0.39, 0.29) is 17.3 Å². The number of benzene rings is 2. The van der Waals surface area contributed by atoms with Crippen molar-refractivity contribution in [1.29, 1.82) is 0 Å². The van der Waals surface area contributed by atoms with Crippen molar-refractivity contribution in [3.63, 3.8) is 0 Å². The topological polar surface area (TPSA) is 87.2 Å². The second-order valence-electron chi connectivity index (χ2n) is 6.47. The first-order chi connectivity index (χ1) is 14.7. The number of hydrogen-bond acceptors (Lipinski definition) is 4. The number of aryl methyl sites for hydroxylation is 1. The highest BCUT2D eigenvalue weighted by molar-refractivity contribution is 7.89. The fourth-order valence-corrected chi connectivity index (χ4v) is 3.39. The number of aromatic nitrogens is 2. The Kier molecular flexibility index (Phi) is 5.95. The van der Waals surface area contributed by atoms with Gasteiger partial charge in [0.2, 0.25) is 10.0 Å². The summed E-state index contributed by atoms with van der Waals surface area (Å²) in [5, 5.41) is 8.37. The zero-order valence-electron chi connectivity index (χ0n) is 15.8. The Hall–Kier alpha value is -3.13. The summed E-state index contributed by atoms with van der Waals surface area (Å²) in [6, 6.07) is 4.53. The largest absolute Gasteiger partial charge is 0.573 e. The van der Waals surface area contributed by atoms with Crippen molar-refractivity contribution in [2.24, 2.45) is 5.14 Å². The van der Waals surface area contributed by atoms with E-state index in [2.05, 4.69) is 9.84 Å². The van der Waals surface area contributed by atoms with Crippen molar-refractivity contribution in [1.82, 2.24) is 9.78 Å². The quantitative estimate of drug-likeness (QED) is 0.537. The molecule has 0 unspecified atom stereocenters. The highest BCUT2D eigenvalue weighted by Gasteiger charge is 2.32. The number of nitrogens with zero attached hydrogens (tertiary/aromatic N) is 2. The average Bonchev–Trinajstić information content (AvgIpc) is 3.08. The average molecular weight is 483 g/mol. The van der Waals surface area contributed by atoms with Gasteiger partial charge in [-0.05, 0) is 36.8 Å². The molecule has 32 heavy (non-hydrogen) atoms. The first kappa shape index (κ1) is 23.5. The zero-order valence-corrected chi connectivity index (χ0v) is 16.6. The van der Waals surface area contributed by atoms with Gasteiger partial charge in [0.1, 0.15) is 28.0 Å². The van der Waals surface area contributed by atoms with E-state index in [1.807, 2.05) is 0 Å². The predicted molar refractivity (Wildman–Crippen MR) is 96.7 cm³/mol. The number of rotatable bonds is 5. The van der Waals surface area contributed by atoms with Crippen LogP contribution in [-0.4, -0.2) is 24.6 Å². The van der Waals surface area contributed by atoms with E-state index < -0.39 is 62.0 Å². The number of hydrogen-bond donors (Lipinski definition) is 1. The Morgan fingerprint density at radius 3 is 2.28 bits per heavy atom. The highest BCUT2D eigenvalue weighted by Crippen LogP contribution is 2.34. The summed E-state index contributed by atoms with van der Waals surface area (Å²) < 4.78 is 121. The van der Waals surface area contributed by atoms with Crippen LogP contribution in [0.25, 0.3) is 16.9 Å². The van der Waals surface area contributed by atoms with Crippen molar-refractivity contribution >= 4 is 10.0 Å². The lowest BCUT2D eigenvalue weighted by Gasteiger charge is -2.14. The molecule has 0 aliphatic rings. The molecule has 6 nitrogen and oxygen atoms in total. The van der Waals surface area contributed by atoms with Gasteiger partial charge in [-0.2, -0.15) is 5.10 Å². The molecule has 0 saturated heterocycles. The number of alkyl halides is 5. The van der Waals surface area contributed by atoms with Gasteiger partial charge in [0.15, 0.2) is 0 Å². The van der Waals surface area contributed by atoms with Crippen LogP contribution < -0.4 is 9.88 Å². The van der Waals surface area contributed by atoms with Crippen molar-refractivity contribution in [2.75, 3.05) is 0 Å². The summed E-state index contributed by atoms with van der Waals surface area (Å²) in [5.41, 5.74) is -2.27. The molecular weight excluding hydrogens is 471 g/mol. The fourth-order valence-electron chi connectivity index (χ4n) is 2.79. The number of primary sulfonamides is 1. The number of ether oxygens (including phenoxy) is 1. The number of nitrogens with two attached hydrogens (primary N) is 1. The molecule has 172 valence electrons. The SMILES string of the molecule is Cc1ccc(-n2nc(C(F)F)cc2-c2cc(F)c(S(N)(=O)=O)cc2F)cc1OC(F)(F)F. The lowest BCUT2D eigenvalue weighted by atomic mass is 10.1. The molecule has 0 atom stereocenters. The van der Waals surface area contributed by atoms with Crippen LogP contribution in [-0.2, 0) is 10.0 Å². The van der Waals surface area contributed by atoms with Crippen molar-refractivity contribution in [2.45, 2.75) is 24.6 Å². The smallest absolute Gasteiger partial charge is 0.405 e. The standard InChI is InChI=1S/C18H12F7N3O3S/c1-8-2-3-9(4-15(8)31-18(23,24)25)28-14(7-13(27-28)17(21)22)10-5-12(20)16(6-11(10)19)32(26,29)30/h2-7,17H,1H3,(H2,26,29,30). The van der Waals surface area contributed by atoms with Crippen LogP contribution >= 0.6 is 0 Å². The fraction of sp³-hybridized carbons (Fsp3) is 0.167. The minimum absolute atomic E-state index is 0.0450. The maximum Gasteiger partial charge on any atom is 0.573 e. The zero-order chi connectivity index (χ0) is 24.0. The van der Waals surface area contributed by atoms with Gasteiger partial charge in [-0.1, -0.05) is 6.07 Å². The summed E-state index contributed by atoms with van der Waals surface area (Å²) in [5.74, 6) is -3.50. The molecule has 1 heterocycles. The van der Waals surface area contributed by atoms with Gasteiger partial charge < -0.3 is 4.74 Å². The second kappa shape index (κ2) is 8.09. The third-order valence-electron chi connectivity index (χ3n) is 4.20. The summed E-state index contributed by atoms with van der Waals surface area (Å²) in [6.07, 6.45) is -8.22. The van der Waals surface area contributed by atoms with Crippen molar-refractivity contribution < 1.29 is 43.9 Å². The van der Waals surface area contributed by atoms with E-state index in [0.29, 0.717) is 16.8 Å². The van der Waals surface area contributed by atoms with Crippen molar-refractivity contribution in [3.8, 4) is 22.7 Å². The molecular formula is C18H12F7N3O3S. The molecule has 2 aromatic carbocycles. The van der Waals surface area contributed by atoms with Gasteiger partial charge in [0, 0.05) is 11.6 Å². The van der Waals surface area contributed by atoms with Crippen LogP contribution in [0.15, 0.2) is 41.3 Å². The maximum atomic E-state index is 14.6. The molecule has 0 radical (unpaired) electrons. The molecule has 0 spiro atoms. The van der Waals surface area contributed by atoms with Gasteiger partial charge in [-0.3, -0.25) is 0 Å². The van der Waals surface area contributed by atoms with Crippen LogP contribution in [0.5, 0.6) is 5.75 Å². The molecule has 3 aromatic rings. The number of halogens is 7. The molecule has 0 amide bonds. The molecule has 14 heteroatoms. The monoisotopic (exact) mass is 483 g/mol. The van der Waals surface area contributed by atoms with E-state index in [0.717, 1.165) is 6.07 Å². The van der Waals surface area contributed by atoms with Crippen LogP contribution in [0.3, 0.4) is 0 Å². The minimum atomic E-state index is -5.05. The molecule has 0 saturated carbocycles. The van der Waals surface area contributed by atoms with Gasteiger partial charge >= 0.3 is 6.36 Å². The molecule has 0 fully saturated rings. The summed E-state index contributed by atoms with van der Waals surface area (Å²) in [4.78, 5) is -1.17. The summed E-state index contributed by atoms with van der Waals surface area (Å²) >= 11 is 0. The maximum absolute atomic E-state index is 14.6. The first-order valence-electron chi connectivity index (χ1n) is 8.44. The second-order valence-corrected chi connectivity index (χ2v) is 8.00.